The summed E-state index contributed by atoms with van der Waals surface area (Å²) in [5.74, 6) is 1.48. The van der Waals surface area contributed by atoms with E-state index in [1.807, 2.05) is 31.2 Å². The number of fused-ring (bicyclic) bond motifs is 1. The van der Waals surface area contributed by atoms with Gasteiger partial charge in [-0.1, -0.05) is 23.2 Å². The molecular weight excluding hydrogens is 514 g/mol. The van der Waals surface area contributed by atoms with Gasteiger partial charge in [-0.15, -0.1) is 0 Å². The fourth-order valence-corrected chi connectivity index (χ4v) is 5.58. The first-order valence-corrected chi connectivity index (χ1v) is 13.2. The Morgan fingerprint density at radius 2 is 1.95 bits per heavy atom. The third-order valence-corrected chi connectivity index (χ3v) is 7.75. The van der Waals surface area contributed by atoms with Crippen molar-refractivity contribution in [2.24, 2.45) is 5.92 Å². The number of benzene rings is 1. The maximum absolute atomic E-state index is 15.3. The van der Waals surface area contributed by atoms with Crippen molar-refractivity contribution < 1.29 is 9.13 Å². The Kier molecular flexibility index (Phi) is 6.21. The Balaban J connectivity index is 1.21. The molecule has 3 aromatic heterocycles. The largest absolute Gasteiger partial charge is 0.486 e. The molecule has 4 heterocycles. The van der Waals surface area contributed by atoms with E-state index in [0.717, 1.165) is 36.5 Å². The molecule has 6 rings (SSSR count). The number of nitrogens with zero attached hydrogens (tertiary/aromatic N) is 4. The highest BCUT2D eigenvalue weighted by Gasteiger charge is 2.40. The topological polar surface area (TPSA) is 79.0 Å². The second-order valence-electron chi connectivity index (χ2n) is 10.3. The maximum atomic E-state index is 15.3. The van der Waals surface area contributed by atoms with Crippen LogP contribution in [0.5, 0.6) is 5.75 Å². The highest BCUT2D eigenvalue weighted by Crippen LogP contribution is 2.36. The number of hydrogen-bond donors (Lipinski definition) is 2. The van der Waals surface area contributed by atoms with Crippen LogP contribution in [0.1, 0.15) is 38.4 Å². The van der Waals surface area contributed by atoms with Crippen molar-refractivity contribution in [3.63, 3.8) is 0 Å². The molecule has 0 radical (unpaired) electrons. The summed E-state index contributed by atoms with van der Waals surface area (Å²) < 4.78 is 21.4. The monoisotopic (exact) mass is 540 g/mol. The summed E-state index contributed by atoms with van der Waals surface area (Å²) in [6.45, 7) is 6.74. The normalized spacial score (nSPS) is 17.6. The minimum absolute atomic E-state index is 0.0517. The SMILES string of the molecule is C[C@@H](Oc1ccc2[nH]nc(-c3ccc(N4CC(C)(NCC5CC5)C4)nc3F)c2c1)c1c(Cl)cncc1Cl. The van der Waals surface area contributed by atoms with Gasteiger partial charge >= 0.3 is 0 Å². The molecule has 7 nitrogen and oxygen atoms in total. The van der Waals surface area contributed by atoms with E-state index in [1.54, 1.807) is 6.07 Å². The van der Waals surface area contributed by atoms with Gasteiger partial charge in [-0.25, -0.2) is 4.98 Å². The lowest BCUT2D eigenvalue weighted by Crippen LogP contribution is -2.68. The summed E-state index contributed by atoms with van der Waals surface area (Å²) in [6, 6.07) is 9.09. The van der Waals surface area contributed by atoms with E-state index in [-0.39, 0.29) is 5.54 Å². The molecule has 0 bridgehead atoms. The number of hydrogen-bond acceptors (Lipinski definition) is 6. The number of rotatable bonds is 8. The molecule has 1 atom stereocenters. The third kappa shape index (κ3) is 4.85. The number of halogens is 3. The Morgan fingerprint density at radius 1 is 1.19 bits per heavy atom. The molecule has 37 heavy (non-hydrogen) atoms. The lowest BCUT2D eigenvalue weighted by Gasteiger charge is -2.49. The van der Waals surface area contributed by atoms with Crippen molar-refractivity contribution in [3.05, 3.63) is 64.3 Å². The van der Waals surface area contributed by atoms with Crippen LogP contribution in [-0.2, 0) is 0 Å². The van der Waals surface area contributed by atoms with Crippen LogP contribution in [0.4, 0.5) is 10.2 Å². The molecule has 1 saturated heterocycles. The van der Waals surface area contributed by atoms with Crippen LogP contribution in [0, 0.1) is 11.9 Å². The van der Waals surface area contributed by atoms with Crippen LogP contribution in [0.15, 0.2) is 42.7 Å². The van der Waals surface area contributed by atoms with E-state index in [9.17, 15) is 0 Å². The molecular formula is C27H27Cl2FN6O. The Morgan fingerprint density at radius 3 is 2.65 bits per heavy atom. The van der Waals surface area contributed by atoms with E-state index in [4.69, 9.17) is 27.9 Å². The van der Waals surface area contributed by atoms with Gasteiger partial charge in [-0.05, 0) is 69.5 Å². The second-order valence-corrected chi connectivity index (χ2v) is 11.1. The number of ether oxygens (including phenoxy) is 1. The van der Waals surface area contributed by atoms with E-state index >= 15 is 4.39 Å². The molecule has 0 amide bonds. The predicted molar refractivity (Wildman–Crippen MR) is 144 cm³/mol. The van der Waals surface area contributed by atoms with Gasteiger partial charge < -0.3 is 15.0 Å². The van der Waals surface area contributed by atoms with Gasteiger partial charge in [0.1, 0.15) is 23.4 Å². The van der Waals surface area contributed by atoms with E-state index < -0.39 is 12.1 Å². The lowest BCUT2D eigenvalue weighted by molar-refractivity contribution is 0.227. The van der Waals surface area contributed by atoms with Crippen LogP contribution in [0.2, 0.25) is 10.0 Å². The standard InChI is InChI=1S/C27H27Cl2FN6O/c1-15(24-20(28)11-31-12-21(24)29)37-17-5-7-22-19(9-17)25(35-34-22)18-6-8-23(33-26(18)30)36-13-27(2,14-36)32-10-16-3-4-16/h5-9,11-12,15-16,32H,3-4,10,13-14H2,1-2H3,(H,34,35)/t15-/m1/s1. The number of H-pyrrole nitrogens is 1. The van der Waals surface area contributed by atoms with Crippen LogP contribution >= 0.6 is 23.2 Å². The first-order valence-electron chi connectivity index (χ1n) is 12.4. The van der Waals surface area contributed by atoms with Crippen molar-refractivity contribution in [1.82, 2.24) is 25.5 Å². The maximum Gasteiger partial charge on any atom is 0.224 e. The Labute approximate surface area is 224 Å². The molecule has 192 valence electrons. The molecule has 1 aliphatic carbocycles. The minimum atomic E-state index is -0.555. The molecule has 10 heteroatoms. The van der Waals surface area contributed by atoms with Crippen LogP contribution in [0.3, 0.4) is 0 Å². The predicted octanol–water partition coefficient (Wildman–Crippen LogP) is 6.18. The second kappa shape index (κ2) is 9.42. The first-order chi connectivity index (χ1) is 17.8. The lowest BCUT2D eigenvalue weighted by atomic mass is 9.92. The van der Waals surface area contributed by atoms with Gasteiger partial charge in [0, 0.05) is 36.4 Å². The fourth-order valence-electron chi connectivity index (χ4n) is 4.90. The summed E-state index contributed by atoms with van der Waals surface area (Å²) >= 11 is 12.6. The third-order valence-electron chi connectivity index (χ3n) is 7.15. The molecule has 1 saturated carbocycles. The summed E-state index contributed by atoms with van der Waals surface area (Å²) in [6.07, 6.45) is 5.29. The molecule has 1 aliphatic heterocycles. The molecule has 2 fully saturated rings. The van der Waals surface area contributed by atoms with E-state index in [0.29, 0.717) is 38.4 Å². The molecule has 0 spiro atoms. The summed E-state index contributed by atoms with van der Waals surface area (Å²) in [7, 11) is 0. The number of aromatic nitrogens is 4. The van der Waals surface area contributed by atoms with Crippen molar-refractivity contribution in [1.29, 1.82) is 0 Å². The van der Waals surface area contributed by atoms with Gasteiger partial charge in [0.25, 0.3) is 0 Å². The zero-order valence-corrected chi connectivity index (χ0v) is 22.1. The highest BCUT2D eigenvalue weighted by molar-refractivity contribution is 6.35. The van der Waals surface area contributed by atoms with Gasteiger partial charge in [0.15, 0.2) is 0 Å². The molecule has 2 N–H and O–H groups in total. The van der Waals surface area contributed by atoms with E-state index in [1.165, 1.54) is 25.2 Å². The molecule has 4 aromatic rings. The minimum Gasteiger partial charge on any atom is -0.486 e. The summed E-state index contributed by atoms with van der Waals surface area (Å²) in [5, 5.41) is 12.6. The summed E-state index contributed by atoms with van der Waals surface area (Å²) in [5.41, 5.74) is 2.27. The van der Waals surface area contributed by atoms with Gasteiger partial charge in [0.2, 0.25) is 5.95 Å². The van der Waals surface area contributed by atoms with Gasteiger partial charge in [-0.2, -0.15) is 9.49 Å². The van der Waals surface area contributed by atoms with Crippen LogP contribution < -0.4 is 15.0 Å². The van der Waals surface area contributed by atoms with Crippen molar-refractivity contribution >= 4 is 39.9 Å². The van der Waals surface area contributed by atoms with Crippen molar-refractivity contribution in [3.8, 4) is 17.0 Å². The first kappa shape index (κ1) is 24.4. The van der Waals surface area contributed by atoms with E-state index in [2.05, 4.69) is 37.3 Å². The number of nitrogens with one attached hydrogen (secondary N) is 2. The number of pyridine rings is 2. The van der Waals surface area contributed by atoms with Crippen LogP contribution in [-0.4, -0.2) is 45.3 Å². The van der Waals surface area contributed by atoms with Gasteiger partial charge in [-0.3, -0.25) is 10.1 Å². The molecule has 2 aliphatic rings. The number of aromatic amines is 1. The molecule has 1 aromatic carbocycles. The summed E-state index contributed by atoms with van der Waals surface area (Å²) in [4.78, 5) is 10.4. The van der Waals surface area contributed by atoms with Crippen molar-refractivity contribution in [2.45, 2.75) is 38.3 Å². The Hall–Kier alpha value is -2.94. The van der Waals surface area contributed by atoms with Crippen LogP contribution in [0.25, 0.3) is 22.2 Å². The smallest absolute Gasteiger partial charge is 0.224 e. The fraction of sp³-hybridized carbons (Fsp3) is 0.370. The Bertz CT molecular complexity index is 1450. The quantitative estimate of drug-likeness (QED) is 0.259. The zero-order chi connectivity index (χ0) is 25.7. The van der Waals surface area contributed by atoms with Crippen molar-refractivity contribution in [2.75, 3.05) is 24.5 Å². The average molecular weight is 541 g/mol. The zero-order valence-electron chi connectivity index (χ0n) is 20.6. The highest BCUT2D eigenvalue weighted by atomic mass is 35.5. The molecule has 0 unspecified atom stereocenters. The number of anilines is 1. The average Bonchev–Trinajstić information content (AvgIpc) is 3.59. The van der Waals surface area contributed by atoms with Gasteiger partial charge in [0.05, 0.1) is 26.7 Å².